The molecule has 4 rings (SSSR count). The van der Waals surface area contributed by atoms with Gasteiger partial charge in [0, 0.05) is 16.5 Å². The summed E-state index contributed by atoms with van der Waals surface area (Å²) < 4.78 is 10.7. The van der Waals surface area contributed by atoms with Crippen LogP contribution in [0.4, 0.5) is 5.00 Å². The van der Waals surface area contributed by atoms with Crippen LogP contribution in [-0.2, 0) is 31.6 Å². The number of benzene rings is 2. The summed E-state index contributed by atoms with van der Waals surface area (Å²) >= 11 is 1.24. The van der Waals surface area contributed by atoms with Crippen LogP contribution in [0.25, 0.3) is 11.1 Å². The number of hydrogen-bond donors (Lipinski definition) is 1. The van der Waals surface area contributed by atoms with Crippen molar-refractivity contribution in [1.29, 1.82) is 0 Å². The SMILES string of the molecule is CCOC(=O)c1c(/N=C/c2ccc3c(c2)Cc2cc(C(C)(C=O)CC)ccc2-3)sc(C(N)(CC)CC)c1C(=O)OCC. The number of aliphatic imine (C=N–C) groups is 1. The van der Waals surface area contributed by atoms with Gasteiger partial charge in [-0.1, -0.05) is 51.1 Å². The summed E-state index contributed by atoms with van der Waals surface area (Å²) in [6, 6.07) is 12.5. The van der Waals surface area contributed by atoms with E-state index in [0.29, 0.717) is 22.7 Å². The minimum absolute atomic E-state index is 0.0959. The highest BCUT2D eigenvalue weighted by molar-refractivity contribution is 7.16. The zero-order valence-corrected chi connectivity index (χ0v) is 26.2. The zero-order chi connectivity index (χ0) is 30.7. The van der Waals surface area contributed by atoms with E-state index in [2.05, 4.69) is 30.3 Å². The number of aldehydes is 1. The van der Waals surface area contributed by atoms with E-state index in [0.717, 1.165) is 41.4 Å². The molecule has 0 aliphatic heterocycles. The number of fused-ring (bicyclic) bond motifs is 3. The number of hydrogen-bond acceptors (Lipinski definition) is 8. The monoisotopic (exact) mass is 588 g/mol. The summed E-state index contributed by atoms with van der Waals surface area (Å²) in [5.74, 6) is -1.23. The van der Waals surface area contributed by atoms with Crippen molar-refractivity contribution in [2.45, 2.75) is 78.2 Å². The van der Waals surface area contributed by atoms with Gasteiger partial charge in [-0.15, -0.1) is 11.3 Å². The van der Waals surface area contributed by atoms with Gasteiger partial charge in [-0.3, -0.25) is 0 Å². The Balaban J connectivity index is 1.75. The van der Waals surface area contributed by atoms with Crippen LogP contribution in [0, 0.1) is 0 Å². The average Bonchev–Trinajstić information content (AvgIpc) is 3.57. The predicted molar refractivity (Wildman–Crippen MR) is 168 cm³/mol. The first kappa shape index (κ1) is 31.3. The number of rotatable bonds is 12. The highest BCUT2D eigenvalue weighted by Gasteiger charge is 2.38. The average molecular weight is 589 g/mol. The molecule has 0 spiro atoms. The number of esters is 2. The van der Waals surface area contributed by atoms with Crippen LogP contribution < -0.4 is 5.73 Å². The molecule has 42 heavy (non-hydrogen) atoms. The minimum Gasteiger partial charge on any atom is -0.462 e. The van der Waals surface area contributed by atoms with Gasteiger partial charge in [0.1, 0.15) is 16.9 Å². The number of ether oxygens (including phenoxy) is 2. The number of carbonyl (C=O) groups is 3. The van der Waals surface area contributed by atoms with Gasteiger partial charge in [0.15, 0.2) is 0 Å². The van der Waals surface area contributed by atoms with E-state index in [1.54, 1.807) is 20.1 Å². The molecule has 7 nitrogen and oxygen atoms in total. The van der Waals surface area contributed by atoms with E-state index in [1.807, 2.05) is 33.8 Å². The summed E-state index contributed by atoms with van der Waals surface area (Å²) in [6.07, 6.45) is 5.37. The Morgan fingerprint density at radius 3 is 2.07 bits per heavy atom. The normalized spacial score (nSPS) is 13.9. The molecule has 0 bridgehead atoms. The van der Waals surface area contributed by atoms with Gasteiger partial charge in [0.25, 0.3) is 0 Å². The molecule has 0 fully saturated rings. The molecular formula is C34H40N2O5S. The van der Waals surface area contributed by atoms with Crippen molar-refractivity contribution in [2.24, 2.45) is 10.7 Å². The second kappa shape index (κ2) is 12.7. The van der Waals surface area contributed by atoms with E-state index >= 15 is 0 Å². The maximum atomic E-state index is 13.2. The minimum atomic E-state index is -0.822. The van der Waals surface area contributed by atoms with Crippen molar-refractivity contribution < 1.29 is 23.9 Å². The third-order valence-electron chi connectivity index (χ3n) is 8.45. The first-order valence-electron chi connectivity index (χ1n) is 14.7. The molecule has 222 valence electrons. The second-order valence-electron chi connectivity index (χ2n) is 10.9. The van der Waals surface area contributed by atoms with Gasteiger partial charge in [-0.25, -0.2) is 14.6 Å². The summed E-state index contributed by atoms with van der Waals surface area (Å²) in [5, 5.41) is 0.365. The Kier molecular flexibility index (Phi) is 9.48. The zero-order valence-electron chi connectivity index (χ0n) is 25.3. The van der Waals surface area contributed by atoms with Crippen LogP contribution in [0.2, 0.25) is 0 Å². The van der Waals surface area contributed by atoms with Crippen molar-refractivity contribution in [3.05, 3.63) is 74.7 Å². The molecule has 3 aromatic rings. The maximum absolute atomic E-state index is 13.2. The predicted octanol–water partition coefficient (Wildman–Crippen LogP) is 7.26. The fourth-order valence-electron chi connectivity index (χ4n) is 5.38. The number of carbonyl (C=O) groups excluding carboxylic acids is 3. The molecule has 1 aliphatic rings. The summed E-state index contributed by atoms with van der Waals surface area (Å²) in [6.45, 7) is 11.7. The Labute approximate surface area is 252 Å². The van der Waals surface area contributed by atoms with Crippen LogP contribution in [0.15, 0.2) is 41.4 Å². The Morgan fingerprint density at radius 1 is 0.905 bits per heavy atom. The second-order valence-corrected chi connectivity index (χ2v) is 11.9. The quantitative estimate of drug-likeness (QED) is 0.106. The highest BCUT2D eigenvalue weighted by Crippen LogP contribution is 2.44. The Morgan fingerprint density at radius 2 is 1.50 bits per heavy atom. The van der Waals surface area contributed by atoms with Crippen LogP contribution in [0.3, 0.4) is 0 Å². The van der Waals surface area contributed by atoms with E-state index < -0.39 is 22.9 Å². The van der Waals surface area contributed by atoms with E-state index in [1.165, 1.54) is 22.5 Å². The molecule has 1 heterocycles. The van der Waals surface area contributed by atoms with E-state index in [-0.39, 0.29) is 24.3 Å². The van der Waals surface area contributed by atoms with Gasteiger partial charge in [0.05, 0.1) is 24.3 Å². The van der Waals surface area contributed by atoms with Crippen molar-refractivity contribution >= 4 is 40.8 Å². The molecule has 0 saturated heterocycles. The fourth-order valence-corrected chi connectivity index (χ4v) is 6.74. The largest absolute Gasteiger partial charge is 0.462 e. The van der Waals surface area contributed by atoms with Gasteiger partial charge in [0.2, 0.25) is 0 Å². The maximum Gasteiger partial charge on any atom is 0.342 e. The number of thiophene rings is 1. The standard InChI is InChI=1S/C34H40N2O5S/c1-7-33(6,20-37)24-13-15-26-23(18-24)17-22-16-21(12-14-25(22)26)19-36-30-28(32(39)41-11-5)27(31(38)40-10-4)29(42-30)34(35,8-2)9-3/h12-16,18-20H,7-11,17,35H2,1-6H3/b36-19+. The lowest BCUT2D eigenvalue weighted by molar-refractivity contribution is -0.112. The van der Waals surface area contributed by atoms with Crippen LogP contribution in [0.1, 0.15) is 109 Å². The lowest BCUT2D eigenvalue weighted by Crippen LogP contribution is -2.36. The van der Waals surface area contributed by atoms with Gasteiger partial charge in [-0.2, -0.15) is 0 Å². The number of nitrogens with two attached hydrogens (primary N) is 1. The molecule has 1 unspecified atom stereocenters. The molecule has 1 aliphatic carbocycles. The molecule has 1 atom stereocenters. The van der Waals surface area contributed by atoms with Crippen molar-refractivity contribution in [2.75, 3.05) is 13.2 Å². The van der Waals surface area contributed by atoms with Gasteiger partial charge in [-0.05, 0) is 85.9 Å². The first-order chi connectivity index (χ1) is 20.1. The summed E-state index contributed by atoms with van der Waals surface area (Å²) in [7, 11) is 0. The molecule has 2 N–H and O–H groups in total. The fraction of sp³-hybridized carbons (Fsp3) is 0.412. The summed E-state index contributed by atoms with van der Waals surface area (Å²) in [5.41, 5.74) is 12.3. The third kappa shape index (κ3) is 5.70. The van der Waals surface area contributed by atoms with Crippen molar-refractivity contribution in [1.82, 2.24) is 0 Å². The Hall–Kier alpha value is -3.62. The molecular weight excluding hydrogens is 548 g/mol. The van der Waals surface area contributed by atoms with Gasteiger partial charge >= 0.3 is 11.9 Å². The van der Waals surface area contributed by atoms with Gasteiger partial charge < -0.3 is 20.0 Å². The van der Waals surface area contributed by atoms with E-state index in [4.69, 9.17) is 20.2 Å². The smallest absolute Gasteiger partial charge is 0.342 e. The van der Waals surface area contributed by atoms with Crippen LogP contribution in [-0.4, -0.2) is 37.7 Å². The lowest BCUT2D eigenvalue weighted by atomic mass is 9.80. The van der Waals surface area contributed by atoms with Crippen molar-refractivity contribution in [3.8, 4) is 11.1 Å². The molecule has 0 radical (unpaired) electrons. The third-order valence-corrected chi connectivity index (χ3v) is 9.77. The van der Waals surface area contributed by atoms with Crippen LogP contribution in [0.5, 0.6) is 0 Å². The van der Waals surface area contributed by atoms with Crippen LogP contribution >= 0.6 is 11.3 Å². The van der Waals surface area contributed by atoms with E-state index in [9.17, 15) is 14.4 Å². The number of nitrogens with zero attached hydrogens (tertiary/aromatic N) is 1. The molecule has 8 heteroatoms. The molecule has 0 amide bonds. The Bertz CT molecular complexity index is 1530. The lowest BCUT2D eigenvalue weighted by Gasteiger charge is -2.26. The molecule has 1 aromatic heterocycles. The first-order valence-corrected chi connectivity index (χ1v) is 15.5. The molecule has 2 aromatic carbocycles. The highest BCUT2D eigenvalue weighted by atomic mass is 32.1. The van der Waals surface area contributed by atoms with Crippen molar-refractivity contribution in [3.63, 3.8) is 0 Å². The molecule has 0 saturated carbocycles. The summed E-state index contributed by atoms with van der Waals surface area (Å²) in [4.78, 5) is 43.5. The topological polar surface area (TPSA) is 108 Å².